The van der Waals surface area contributed by atoms with E-state index in [1.54, 1.807) is 0 Å². The van der Waals surface area contributed by atoms with Gasteiger partial charge in [0.05, 0.1) is 26.4 Å². The van der Waals surface area contributed by atoms with Crippen molar-refractivity contribution in [3.8, 4) is 0 Å². The summed E-state index contributed by atoms with van der Waals surface area (Å²) in [5.74, 6) is -1.63. The number of esters is 3. The number of ether oxygens (including phenoxy) is 3. The van der Waals surface area contributed by atoms with Gasteiger partial charge in [-0.15, -0.1) is 0 Å². The quantitative estimate of drug-likeness (QED) is 0.0146. The molecule has 18 heteroatoms. The van der Waals surface area contributed by atoms with Crippen LogP contribution in [0.3, 0.4) is 0 Å². The van der Waals surface area contributed by atoms with Gasteiger partial charge in [0.1, 0.15) is 25.4 Å². The van der Waals surface area contributed by atoms with E-state index < -0.39 is 91.5 Å². The van der Waals surface area contributed by atoms with Gasteiger partial charge in [0, 0.05) is 19.3 Å². The predicted molar refractivity (Wildman–Crippen MR) is 334 cm³/mol. The van der Waals surface area contributed by atoms with Gasteiger partial charge in [-0.2, -0.15) is 0 Å². The Morgan fingerprint density at radius 3 is 1.01 bits per heavy atom. The molecule has 5 atom stereocenters. The molecule has 0 radical (unpaired) electrons. The van der Waals surface area contributed by atoms with Crippen LogP contribution in [0.25, 0.3) is 0 Å². The van der Waals surface area contributed by atoms with E-state index in [4.69, 9.17) is 32.3 Å². The number of allylic oxidation sites excluding steroid dienone is 16. The van der Waals surface area contributed by atoms with Crippen LogP contribution in [0.2, 0.25) is 0 Å². The molecule has 0 aromatic heterocycles. The lowest BCUT2D eigenvalue weighted by molar-refractivity contribution is -0.161. The van der Waals surface area contributed by atoms with E-state index in [0.29, 0.717) is 19.3 Å². The molecule has 478 valence electrons. The lowest BCUT2D eigenvalue weighted by Gasteiger charge is -2.21. The van der Waals surface area contributed by atoms with Crippen LogP contribution in [0.4, 0.5) is 0 Å². The van der Waals surface area contributed by atoms with Crippen molar-refractivity contribution in [1.82, 2.24) is 0 Å². The van der Waals surface area contributed by atoms with Crippen molar-refractivity contribution in [1.29, 1.82) is 0 Å². The molecule has 4 N–H and O–H groups in total. The van der Waals surface area contributed by atoms with E-state index in [1.165, 1.54) is 38.5 Å². The molecular weight excluding hydrogens is 1100 g/mol. The Hall–Kier alpha value is -3.53. The minimum atomic E-state index is -4.93. The topological polar surface area (TPSA) is 231 Å². The van der Waals surface area contributed by atoms with Crippen LogP contribution in [0, 0.1) is 0 Å². The van der Waals surface area contributed by atoms with E-state index in [2.05, 4.69) is 118 Å². The van der Waals surface area contributed by atoms with E-state index >= 15 is 0 Å². The highest BCUT2D eigenvalue weighted by molar-refractivity contribution is 7.47. The van der Waals surface area contributed by atoms with Crippen LogP contribution in [0.5, 0.6) is 0 Å². The summed E-state index contributed by atoms with van der Waals surface area (Å²) in [5, 5.41) is 20.5. The van der Waals surface area contributed by atoms with Crippen molar-refractivity contribution >= 4 is 33.6 Å². The summed E-state index contributed by atoms with van der Waals surface area (Å²) in [6, 6.07) is 0. The number of phosphoric ester groups is 2. The summed E-state index contributed by atoms with van der Waals surface area (Å²) in [5.41, 5.74) is 0. The van der Waals surface area contributed by atoms with Gasteiger partial charge in [0.2, 0.25) is 0 Å². The van der Waals surface area contributed by atoms with E-state index in [-0.39, 0.29) is 19.3 Å². The molecule has 5 unspecified atom stereocenters. The molecule has 0 saturated heterocycles. The Balaban J connectivity index is 4.74. The molecule has 0 heterocycles. The fraction of sp³-hybridized carbons (Fsp3) is 0.708. The van der Waals surface area contributed by atoms with Crippen molar-refractivity contribution < 1.29 is 75.8 Å². The fourth-order valence-corrected chi connectivity index (χ4v) is 9.50. The molecular formula is C65H112O16P2. The standard InChI is InChI=1S/C65H112O16P2/c1-4-7-10-13-16-19-22-25-28-29-32-34-36-39-42-45-48-51-63(68)75-54-60(66)55-77-82(71,72)78-56-61(67)57-79-83(73,74)80-59-62(81-65(70)53-50-47-44-41-38-35-31-27-24-21-18-15-12-9-6-3)58-76-64(69)52-49-46-43-40-37-33-30-26-23-20-17-14-11-8-5-2/h7,10,16-21,25-28,30-32,34,60-62,66-67H,4-6,8-9,11-15,22-24,29,33,35-59H2,1-3H3,(H,71,72)(H,73,74)/b10-7-,19-16-,20-17-,21-18-,28-25-,30-26-,31-27-,34-32-. The monoisotopic (exact) mass is 1210 g/mol. The maximum absolute atomic E-state index is 12.9. The Morgan fingerprint density at radius 1 is 0.349 bits per heavy atom. The summed E-state index contributed by atoms with van der Waals surface area (Å²) in [6.07, 6.45) is 61.8. The summed E-state index contributed by atoms with van der Waals surface area (Å²) >= 11 is 0. The van der Waals surface area contributed by atoms with Gasteiger partial charge in [0.25, 0.3) is 0 Å². The molecule has 0 saturated carbocycles. The number of phosphoric acid groups is 2. The Morgan fingerprint density at radius 2 is 0.639 bits per heavy atom. The third-order valence-electron chi connectivity index (χ3n) is 12.8. The molecule has 16 nitrogen and oxygen atoms in total. The number of carbonyl (C=O) groups excluding carboxylic acids is 3. The lowest BCUT2D eigenvalue weighted by Crippen LogP contribution is -2.30. The second kappa shape index (κ2) is 58.8. The first kappa shape index (κ1) is 79.5. The molecule has 0 amide bonds. The number of unbranched alkanes of at least 4 members (excludes halogenated alkanes) is 20. The van der Waals surface area contributed by atoms with Crippen molar-refractivity contribution in [2.75, 3.05) is 39.6 Å². The third-order valence-corrected chi connectivity index (χ3v) is 14.7. The highest BCUT2D eigenvalue weighted by Gasteiger charge is 2.29. The third kappa shape index (κ3) is 60.0. The second-order valence-electron chi connectivity index (χ2n) is 20.8. The Bertz CT molecular complexity index is 1910. The highest BCUT2D eigenvalue weighted by Crippen LogP contribution is 2.45. The van der Waals surface area contributed by atoms with E-state index in [9.17, 15) is 43.5 Å². The van der Waals surface area contributed by atoms with Gasteiger partial charge in [-0.3, -0.25) is 32.5 Å². The molecule has 0 bridgehead atoms. The molecule has 83 heavy (non-hydrogen) atoms. The van der Waals surface area contributed by atoms with Gasteiger partial charge in [-0.1, -0.05) is 195 Å². The molecule has 0 fully saturated rings. The van der Waals surface area contributed by atoms with Crippen LogP contribution in [-0.4, -0.2) is 95.9 Å². The molecule has 0 aliphatic heterocycles. The summed E-state index contributed by atoms with van der Waals surface area (Å²) in [7, 11) is -9.78. The normalized spacial score (nSPS) is 15.0. The summed E-state index contributed by atoms with van der Waals surface area (Å²) < 4.78 is 60.7. The zero-order chi connectivity index (χ0) is 61.0. The average molecular weight is 1210 g/mol. The molecule has 0 spiro atoms. The van der Waals surface area contributed by atoms with Gasteiger partial charge in [0.15, 0.2) is 6.10 Å². The molecule has 0 rings (SSSR count). The summed E-state index contributed by atoms with van der Waals surface area (Å²) in [4.78, 5) is 58.2. The van der Waals surface area contributed by atoms with Gasteiger partial charge in [-0.25, -0.2) is 9.13 Å². The number of hydrogen-bond acceptors (Lipinski definition) is 14. The SMILES string of the molecule is CC/C=C\C/C=C\C/C=C\C/C=C\CCCCCCC(=O)OCC(O)COP(=O)(O)OCC(O)COP(=O)(O)OCC(COC(=O)CCCCCCC/C=C\C/C=C\CCCCC)OC(=O)CCCCCCC/C=C\C/C=C\CCCCC. The first-order valence-electron chi connectivity index (χ1n) is 31.5. The maximum atomic E-state index is 12.9. The predicted octanol–water partition coefficient (Wildman–Crippen LogP) is 16.7. The first-order chi connectivity index (χ1) is 40.2. The smallest absolute Gasteiger partial charge is 0.463 e. The molecule has 0 aromatic carbocycles. The van der Waals surface area contributed by atoms with Crippen LogP contribution < -0.4 is 0 Å². The van der Waals surface area contributed by atoms with Crippen molar-refractivity contribution in [3.63, 3.8) is 0 Å². The zero-order valence-corrected chi connectivity index (χ0v) is 53.1. The minimum Gasteiger partial charge on any atom is -0.463 e. The van der Waals surface area contributed by atoms with Crippen LogP contribution in [-0.2, 0) is 55.8 Å². The van der Waals surface area contributed by atoms with Crippen LogP contribution in [0.1, 0.15) is 239 Å². The van der Waals surface area contributed by atoms with Crippen molar-refractivity contribution in [2.24, 2.45) is 0 Å². The minimum absolute atomic E-state index is 0.0839. The second-order valence-corrected chi connectivity index (χ2v) is 23.7. The number of hydrogen-bond donors (Lipinski definition) is 4. The molecule has 0 aliphatic carbocycles. The lowest BCUT2D eigenvalue weighted by atomic mass is 10.1. The van der Waals surface area contributed by atoms with Gasteiger partial charge < -0.3 is 34.2 Å². The van der Waals surface area contributed by atoms with Gasteiger partial charge >= 0.3 is 33.6 Å². The number of carbonyl (C=O) groups is 3. The largest absolute Gasteiger partial charge is 0.472 e. The first-order valence-corrected chi connectivity index (χ1v) is 34.5. The number of aliphatic hydroxyl groups is 2. The van der Waals surface area contributed by atoms with Crippen molar-refractivity contribution in [2.45, 2.75) is 257 Å². The summed E-state index contributed by atoms with van der Waals surface area (Å²) in [6.45, 7) is 2.42. The average Bonchev–Trinajstić information content (AvgIpc) is 3.47. The number of rotatable bonds is 59. The highest BCUT2D eigenvalue weighted by atomic mass is 31.2. The zero-order valence-electron chi connectivity index (χ0n) is 51.3. The Labute approximate surface area is 501 Å². The van der Waals surface area contributed by atoms with E-state index in [1.807, 2.05) is 0 Å². The van der Waals surface area contributed by atoms with Crippen LogP contribution in [0.15, 0.2) is 97.2 Å². The van der Waals surface area contributed by atoms with Gasteiger partial charge in [-0.05, 0) is 122 Å². The maximum Gasteiger partial charge on any atom is 0.472 e. The fourth-order valence-electron chi connectivity index (χ4n) is 7.91. The molecule has 0 aliphatic rings. The van der Waals surface area contributed by atoms with E-state index in [0.717, 1.165) is 141 Å². The van der Waals surface area contributed by atoms with Crippen LogP contribution >= 0.6 is 15.6 Å². The number of aliphatic hydroxyl groups excluding tert-OH is 2. The molecule has 0 aromatic rings. The van der Waals surface area contributed by atoms with Crippen molar-refractivity contribution in [3.05, 3.63) is 97.2 Å². The Kier molecular flexibility index (Phi) is 56.3.